The van der Waals surface area contributed by atoms with Gasteiger partial charge >= 0.3 is 0 Å². The van der Waals surface area contributed by atoms with Gasteiger partial charge in [0, 0.05) is 4.47 Å². The van der Waals surface area contributed by atoms with E-state index < -0.39 is 0 Å². The van der Waals surface area contributed by atoms with E-state index in [1.807, 2.05) is 0 Å². The Hall–Kier alpha value is -1.28. The first kappa shape index (κ1) is 12.7. The fourth-order valence-electron chi connectivity index (χ4n) is 2.98. The van der Waals surface area contributed by atoms with Crippen LogP contribution in [0.15, 0.2) is 40.9 Å². The molecule has 2 aromatic rings. The van der Waals surface area contributed by atoms with Gasteiger partial charge in [0.25, 0.3) is 0 Å². The molecule has 0 bridgehead atoms. The first-order chi connectivity index (χ1) is 9.15. The molecule has 0 radical (unpaired) electrons. The van der Waals surface area contributed by atoms with Gasteiger partial charge < -0.3 is 5.32 Å². The maximum Gasteiger partial charge on any atom is 0.0520 e. The van der Waals surface area contributed by atoms with Crippen molar-refractivity contribution in [3.63, 3.8) is 0 Å². The van der Waals surface area contributed by atoms with Gasteiger partial charge in [-0.1, -0.05) is 30.3 Å². The number of halogens is 1. The first-order valence-electron chi connectivity index (χ1n) is 6.76. The monoisotopic (exact) mass is 315 g/mol. The molecule has 0 amide bonds. The second kappa shape index (κ2) is 5.01. The molecule has 0 spiro atoms. The molecule has 0 fully saturated rings. The van der Waals surface area contributed by atoms with Gasteiger partial charge in [-0.3, -0.25) is 0 Å². The van der Waals surface area contributed by atoms with Crippen LogP contribution in [0.3, 0.4) is 0 Å². The number of aryl methyl sites for hydroxylation is 3. The minimum Gasteiger partial charge on any atom is -0.377 e. The van der Waals surface area contributed by atoms with E-state index in [9.17, 15) is 0 Å². The van der Waals surface area contributed by atoms with Gasteiger partial charge in [-0.05, 0) is 70.9 Å². The van der Waals surface area contributed by atoms with Gasteiger partial charge in [0.15, 0.2) is 0 Å². The number of fused-ring (bicyclic) bond motifs is 1. The topological polar surface area (TPSA) is 12.0 Å². The molecule has 2 heteroatoms. The molecule has 0 saturated carbocycles. The smallest absolute Gasteiger partial charge is 0.0520 e. The summed E-state index contributed by atoms with van der Waals surface area (Å²) in [5.74, 6) is 0. The average Bonchev–Trinajstić information content (AvgIpc) is 2.77. The number of hydrogen-bond acceptors (Lipinski definition) is 1. The Labute approximate surface area is 123 Å². The molecule has 98 valence electrons. The van der Waals surface area contributed by atoms with Crippen molar-refractivity contribution < 1.29 is 0 Å². The summed E-state index contributed by atoms with van der Waals surface area (Å²) in [5, 5.41) is 3.71. The molecule has 0 aromatic heterocycles. The number of rotatable bonds is 2. The largest absolute Gasteiger partial charge is 0.377 e. The average molecular weight is 316 g/mol. The van der Waals surface area contributed by atoms with Crippen LogP contribution in [-0.4, -0.2) is 0 Å². The molecule has 19 heavy (non-hydrogen) atoms. The normalized spacial score (nSPS) is 17.3. The van der Waals surface area contributed by atoms with Crippen molar-refractivity contribution in [2.45, 2.75) is 32.7 Å². The Morgan fingerprint density at radius 2 is 1.95 bits per heavy atom. The highest BCUT2D eigenvalue weighted by atomic mass is 79.9. The minimum atomic E-state index is 0.439. The molecule has 1 nitrogen and oxygen atoms in total. The molecule has 1 atom stereocenters. The standard InChI is InChI=1S/C17H18BrN/c1-11-9-12(2)17(15(18)10-11)19-16-8-7-13-5-3-4-6-14(13)16/h3-6,9-10,16,19H,7-8H2,1-2H3. The maximum absolute atomic E-state index is 3.71. The van der Waals surface area contributed by atoms with Crippen LogP contribution in [0.2, 0.25) is 0 Å². The van der Waals surface area contributed by atoms with Crippen LogP contribution in [0.5, 0.6) is 0 Å². The third-order valence-electron chi connectivity index (χ3n) is 3.88. The van der Waals surface area contributed by atoms with Gasteiger partial charge in [-0.25, -0.2) is 0 Å². The minimum absolute atomic E-state index is 0.439. The summed E-state index contributed by atoms with van der Waals surface area (Å²) in [5.41, 5.74) is 6.76. The van der Waals surface area contributed by atoms with E-state index in [2.05, 4.69) is 71.5 Å². The van der Waals surface area contributed by atoms with Gasteiger partial charge in [-0.2, -0.15) is 0 Å². The van der Waals surface area contributed by atoms with Crippen molar-refractivity contribution in [2.24, 2.45) is 0 Å². The summed E-state index contributed by atoms with van der Waals surface area (Å²) in [6.07, 6.45) is 2.36. The summed E-state index contributed by atoms with van der Waals surface area (Å²) in [4.78, 5) is 0. The van der Waals surface area contributed by atoms with E-state index in [4.69, 9.17) is 0 Å². The maximum atomic E-state index is 3.71. The van der Waals surface area contributed by atoms with E-state index in [0.29, 0.717) is 6.04 Å². The van der Waals surface area contributed by atoms with E-state index in [1.165, 1.54) is 40.8 Å². The molecular weight excluding hydrogens is 298 g/mol. The molecule has 3 rings (SSSR count). The van der Waals surface area contributed by atoms with E-state index in [-0.39, 0.29) is 0 Å². The Morgan fingerprint density at radius 3 is 2.74 bits per heavy atom. The summed E-state index contributed by atoms with van der Waals surface area (Å²) in [6.45, 7) is 4.30. The van der Waals surface area contributed by atoms with Gasteiger partial charge in [0.05, 0.1) is 11.7 Å². The van der Waals surface area contributed by atoms with Gasteiger partial charge in [0.2, 0.25) is 0 Å². The summed E-state index contributed by atoms with van der Waals surface area (Å²) < 4.78 is 1.16. The second-order valence-corrected chi connectivity index (χ2v) is 6.23. The highest BCUT2D eigenvalue weighted by Crippen LogP contribution is 2.37. The lowest BCUT2D eigenvalue weighted by Crippen LogP contribution is -2.08. The number of anilines is 1. The third kappa shape index (κ3) is 2.42. The SMILES string of the molecule is Cc1cc(C)c(NC2CCc3ccccc32)c(Br)c1. The summed E-state index contributed by atoms with van der Waals surface area (Å²) >= 11 is 3.68. The fraction of sp³-hybridized carbons (Fsp3) is 0.294. The van der Waals surface area contributed by atoms with E-state index >= 15 is 0 Å². The van der Waals surface area contributed by atoms with Crippen molar-refractivity contribution in [2.75, 3.05) is 5.32 Å². The Balaban J connectivity index is 1.92. The lowest BCUT2D eigenvalue weighted by molar-refractivity contribution is 0.760. The Morgan fingerprint density at radius 1 is 1.16 bits per heavy atom. The summed E-state index contributed by atoms with van der Waals surface area (Å²) in [6, 6.07) is 13.6. The van der Waals surface area contributed by atoms with Crippen molar-refractivity contribution in [3.8, 4) is 0 Å². The zero-order valence-electron chi connectivity index (χ0n) is 11.3. The fourth-order valence-corrected chi connectivity index (χ4v) is 3.77. The van der Waals surface area contributed by atoms with Crippen molar-refractivity contribution in [1.29, 1.82) is 0 Å². The van der Waals surface area contributed by atoms with Crippen molar-refractivity contribution in [3.05, 3.63) is 63.1 Å². The summed E-state index contributed by atoms with van der Waals surface area (Å²) in [7, 11) is 0. The Kier molecular flexibility index (Phi) is 3.36. The van der Waals surface area contributed by atoms with Gasteiger partial charge in [-0.15, -0.1) is 0 Å². The third-order valence-corrected chi connectivity index (χ3v) is 4.51. The predicted octanol–water partition coefficient (Wildman–Crippen LogP) is 5.17. The van der Waals surface area contributed by atoms with Crippen LogP contribution in [0.25, 0.3) is 0 Å². The van der Waals surface area contributed by atoms with E-state index in [0.717, 1.165) is 4.47 Å². The lowest BCUT2D eigenvalue weighted by atomic mass is 10.1. The molecule has 1 aliphatic rings. The van der Waals surface area contributed by atoms with Crippen molar-refractivity contribution in [1.82, 2.24) is 0 Å². The van der Waals surface area contributed by atoms with Crippen LogP contribution < -0.4 is 5.32 Å². The molecular formula is C17H18BrN. The number of nitrogens with one attached hydrogen (secondary N) is 1. The quantitative estimate of drug-likeness (QED) is 0.806. The highest BCUT2D eigenvalue weighted by molar-refractivity contribution is 9.10. The highest BCUT2D eigenvalue weighted by Gasteiger charge is 2.22. The number of hydrogen-bond donors (Lipinski definition) is 1. The Bertz CT molecular complexity index is 595. The van der Waals surface area contributed by atoms with Crippen molar-refractivity contribution >= 4 is 21.6 Å². The van der Waals surface area contributed by atoms with E-state index in [1.54, 1.807) is 0 Å². The first-order valence-corrected chi connectivity index (χ1v) is 7.55. The molecule has 0 heterocycles. The van der Waals surface area contributed by atoms with Crippen LogP contribution in [0.1, 0.15) is 34.7 Å². The zero-order valence-corrected chi connectivity index (χ0v) is 12.9. The number of benzene rings is 2. The van der Waals surface area contributed by atoms with Crippen LogP contribution in [-0.2, 0) is 6.42 Å². The molecule has 0 aliphatic heterocycles. The molecule has 0 saturated heterocycles. The van der Waals surface area contributed by atoms with Gasteiger partial charge in [0.1, 0.15) is 0 Å². The van der Waals surface area contributed by atoms with Crippen LogP contribution in [0.4, 0.5) is 5.69 Å². The molecule has 1 N–H and O–H groups in total. The lowest BCUT2D eigenvalue weighted by Gasteiger charge is -2.19. The van der Waals surface area contributed by atoms with Crippen LogP contribution in [0, 0.1) is 13.8 Å². The molecule has 2 aromatic carbocycles. The predicted molar refractivity (Wildman–Crippen MR) is 84.7 cm³/mol. The molecule has 1 aliphatic carbocycles. The second-order valence-electron chi connectivity index (χ2n) is 5.37. The zero-order chi connectivity index (χ0) is 13.4. The molecule has 1 unspecified atom stereocenters. The van der Waals surface area contributed by atoms with Crippen LogP contribution >= 0.6 is 15.9 Å².